The van der Waals surface area contributed by atoms with Gasteiger partial charge in [0.15, 0.2) is 0 Å². The molecule has 3 fully saturated rings. The van der Waals surface area contributed by atoms with E-state index >= 15 is 0 Å². The van der Waals surface area contributed by atoms with Crippen LogP contribution in [0.3, 0.4) is 0 Å². The SMILES string of the molecule is C=C[C@@H]1[I-][C@]1(NC(=O)[C@@H]1CCCN1C(=O)[C@@H](NC(=O)OCCCCCCCc1ccc[nH]c1=O)C(C)(C)C)C(=O)NS(=O)(=O)C1CC1. The third-order valence-electron chi connectivity index (χ3n) is 8.60. The van der Waals surface area contributed by atoms with Crippen LogP contribution >= 0.6 is 0 Å². The summed E-state index contributed by atoms with van der Waals surface area (Å²) < 4.78 is 30.8. The molecule has 1 saturated carbocycles. The second-order valence-electron chi connectivity index (χ2n) is 13.4. The maximum atomic E-state index is 13.8. The normalized spacial score (nSPS) is 23.2. The van der Waals surface area contributed by atoms with E-state index in [1.807, 2.05) is 32.9 Å². The van der Waals surface area contributed by atoms with Crippen LogP contribution in [0, 0.1) is 5.41 Å². The number of pyridine rings is 1. The molecule has 47 heavy (non-hydrogen) atoms. The van der Waals surface area contributed by atoms with Crippen molar-refractivity contribution < 1.29 is 53.5 Å². The Kier molecular flexibility index (Phi) is 12.2. The zero-order valence-electron chi connectivity index (χ0n) is 27.3. The molecule has 4 N–H and O–H groups in total. The summed E-state index contributed by atoms with van der Waals surface area (Å²) in [6, 6.07) is 1.80. The molecule has 2 aliphatic heterocycles. The Morgan fingerprint density at radius 2 is 1.85 bits per heavy atom. The Morgan fingerprint density at radius 3 is 2.49 bits per heavy atom. The van der Waals surface area contributed by atoms with Crippen molar-refractivity contribution in [2.45, 2.75) is 110 Å². The van der Waals surface area contributed by atoms with Crippen LogP contribution in [-0.4, -0.2) is 80.1 Å². The number of rotatable bonds is 16. The van der Waals surface area contributed by atoms with E-state index in [1.54, 1.807) is 12.3 Å². The summed E-state index contributed by atoms with van der Waals surface area (Å²) in [7, 11) is -3.80. The van der Waals surface area contributed by atoms with Gasteiger partial charge in [-0.25, -0.2) is 0 Å². The van der Waals surface area contributed by atoms with Crippen molar-refractivity contribution in [2.75, 3.05) is 13.2 Å². The molecule has 4 amide bonds. The molecule has 0 bridgehead atoms. The number of nitrogens with one attached hydrogen (secondary N) is 4. The van der Waals surface area contributed by atoms with E-state index in [0.29, 0.717) is 45.1 Å². The number of halogens is 1. The molecule has 13 nitrogen and oxygen atoms in total. The molecule has 3 heterocycles. The fourth-order valence-corrected chi connectivity index (χ4v) is 9.85. The van der Waals surface area contributed by atoms with E-state index < -0.39 is 81.3 Å². The van der Waals surface area contributed by atoms with Gasteiger partial charge in [-0.1, -0.05) is 25.3 Å². The molecule has 262 valence electrons. The molecule has 15 heteroatoms. The van der Waals surface area contributed by atoms with Crippen molar-refractivity contribution in [2.24, 2.45) is 5.41 Å². The number of alkyl carbamates (subject to hydrolysis) is 1. The minimum absolute atomic E-state index is 0.0556. The zero-order chi connectivity index (χ0) is 34.4. The Bertz CT molecular complexity index is 1500. The molecular formula is C32H47IN5O8S-. The number of unbranched alkanes of at least 4 members (excludes halogenated alkanes) is 4. The molecule has 2 saturated heterocycles. The van der Waals surface area contributed by atoms with Gasteiger partial charge in [-0.05, 0) is 18.9 Å². The van der Waals surface area contributed by atoms with Gasteiger partial charge in [0.25, 0.3) is 5.56 Å². The van der Waals surface area contributed by atoms with Crippen LogP contribution in [0.15, 0.2) is 35.8 Å². The maximum absolute atomic E-state index is 13.8. The van der Waals surface area contributed by atoms with E-state index in [0.717, 1.165) is 31.2 Å². The molecule has 4 rings (SSSR count). The number of sulfonamides is 1. The van der Waals surface area contributed by atoms with E-state index in [2.05, 4.69) is 26.9 Å². The fourth-order valence-electron chi connectivity index (χ4n) is 5.66. The van der Waals surface area contributed by atoms with E-state index in [1.165, 1.54) is 4.90 Å². The zero-order valence-corrected chi connectivity index (χ0v) is 30.3. The quantitative estimate of drug-likeness (QED) is 0.0546. The van der Waals surface area contributed by atoms with Crippen molar-refractivity contribution in [3.63, 3.8) is 0 Å². The minimum atomic E-state index is -3.80. The monoisotopic (exact) mass is 788 g/mol. The molecule has 4 atom stereocenters. The third kappa shape index (κ3) is 9.57. The predicted octanol–water partition coefficient (Wildman–Crippen LogP) is -0.922. The first-order valence-electron chi connectivity index (χ1n) is 16.2. The fraction of sp³-hybridized carbons (Fsp3) is 0.656. The Morgan fingerprint density at radius 1 is 1.15 bits per heavy atom. The summed E-state index contributed by atoms with van der Waals surface area (Å²) in [6.07, 6.45) is 9.40. The second-order valence-corrected chi connectivity index (χ2v) is 19.1. The molecule has 0 aromatic carbocycles. The van der Waals surface area contributed by atoms with Gasteiger partial charge in [-0.15, -0.1) is 0 Å². The second kappa shape index (κ2) is 15.5. The number of carbonyl (C=O) groups is 4. The molecule has 1 aromatic heterocycles. The standard InChI is InChI=1S/C32H47IN5O8S/c1-5-24-32(33-24,29(42)37-47(44,45)22-16-17-22)36-27(40)23-15-12-19-38(23)28(41)25(31(2,3)4)35-30(43)46-20-10-8-6-7-9-13-21-14-11-18-34-26(21)39/h5,11,14,18,22-25H,1,6-10,12-13,15-17,19-20H2,2-4H3,(H,34,39)(H,35,43)(H,36,40)(H,37,42)/q-1/t23-,24-,25+,32+/m0/s1. The van der Waals surface area contributed by atoms with Crippen LogP contribution in [0.5, 0.6) is 0 Å². The van der Waals surface area contributed by atoms with Gasteiger partial charge in [0.1, 0.15) is 0 Å². The van der Waals surface area contributed by atoms with Crippen LogP contribution in [0.25, 0.3) is 0 Å². The number of carbonyl (C=O) groups excluding carboxylic acids is 4. The van der Waals surface area contributed by atoms with Crippen molar-refractivity contribution >= 4 is 33.8 Å². The summed E-state index contributed by atoms with van der Waals surface area (Å²) in [5, 5.41) is 4.93. The number of ether oxygens (including phenoxy) is 1. The Balaban J connectivity index is 1.26. The van der Waals surface area contributed by atoms with Crippen molar-refractivity contribution in [3.8, 4) is 0 Å². The molecule has 3 aliphatic rings. The summed E-state index contributed by atoms with van der Waals surface area (Å²) in [6.45, 7) is 9.68. The molecule has 1 aromatic rings. The summed E-state index contributed by atoms with van der Waals surface area (Å²) in [5.74, 6) is -1.69. The van der Waals surface area contributed by atoms with Gasteiger partial charge < -0.3 is 4.98 Å². The first kappa shape index (κ1) is 36.9. The van der Waals surface area contributed by atoms with Crippen molar-refractivity contribution in [3.05, 3.63) is 46.9 Å². The Hall–Kier alpha value is -2.95. The van der Waals surface area contributed by atoms with E-state index in [4.69, 9.17) is 4.74 Å². The van der Waals surface area contributed by atoms with Crippen LogP contribution < -0.4 is 42.1 Å². The average Bonchev–Trinajstić information content (AvgIpc) is 3.93. The van der Waals surface area contributed by atoms with Gasteiger partial charge in [-0.2, -0.15) is 0 Å². The predicted molar refractivity (Wildman–Crippen MR) is 171 cm³/mol. The molecule has 0 spiro atoms. The van der Waals surface area contributed by atoms with Crippen LogP contribution in [0.4, 0.5) is 4.79 Å². The van der Waals surface area contributed by atoms with Crippen LogP contribution in [0.1, 0.15) is 84.1 Å². The van der Waals surface area contributed by atoms with Gasteiger partial charge in [-0.3, -0.25) is 4.79 Å². The van der Waals surface area contributed by atoms with Gasteiger partial charge >= 0.3 is 217 Å². The topological polar surface area (TPSA) is 184 Å². The van der Waals surface area contributed by atoms with Gasteiger partial charge in [0, 0.05) is 11.8 Å². The van der Waals surface area contributed by atoms with Crippen molar-refractivity contribution in [1.29, 1.82) is 0 Å². The third-order valence-corrected chi connectivity index (χ3v) is 14.3. The number of likely N-dealkylation sites (tertiary alicyclic amines) is 1. The number of amides is 4. The van der Waals surface area contributed by atoms with Gasteiger partial charge in [0.05, 0.1) is 0 Å². The number of hydrogen-bond donors (Lipinski definition) is 4. The van der Waals surface area contributed by atoms with Crippen LogP contribution in [0.2, 0.25) is 0 Å². The number of aromatic amines is 1. The molecule has 1 aliphatic carbocycles. The molecule has 0 unspecified atom stereocenters. The van der Waals surface area contributed by atoms with E-state index in [-0.39, 0.29) is 16.1 Å². The number of aromatic nitrogens is 1. The Labute approximate surface area is 286 Å². The first-order valence-corrected chi connectivity index (χ1v) is 20.1. The van der Waals surface area contributed by atoms with Gasteiger partial charge in [0.2, 0.25) is 0 Å². The number of H-pyrrole nitrogens is 1. The first-order chi connectivity index (χ1) is 22.2. The van der Waals surface area contributed by atoms with E-state index in [9.17, 15) is 32.4 Å². The average molecular weight is 789 g/mol. The molecular weight excluding hydrogens is 741 g/mol. The summed E-state index contributed by atoms with van der Waals surface area (Å²) in [5.41, 5.74) is 0.0175. The van der Waals surface area contributed by atoms with Crippen LogP contribution in [-0.2, 0) is 35.6 Å². The number of hydrogen-bond acceptors (Lipinski definition) is 8. The molecule has 0 radical (unpaired) electrons. The van der Waals surface area contributed by atoms with Crippen molar-refractivity contribution in [1.82, 2.24) is 25.2 Å². The number of alkyl halides is 2. The number of aryl methyl sites for hydroxylation is 1. The number of nitrogens with zero attached hydrogens (tertiary/aromatic N) is 1. The summed E-state index contributed by atoms with van der Waals surface area (Å²) >= 11 is -0.937. The summed E-state index contributed by atoms with van der Waals surface area (Å²) in [4.78, 5) is 69.1.